The van der Waals surface area contributed by atoms with Crippen molar-refractivity contribution >= 4 is 23.3 Å². The third kappa shape index (κ3) is 5.41. The summed E-state index contributed by atoms with van der Waals surface area (Å²) < 4.78 is 7.02. The molecular weight excluding hydrogens is 392 g/mol. The van der Waals surface area contributed by atoms with Gasteiger partial charge in [-0.25, -0.2) is 0 Å². The van der Waals surface area contributed by atoms with Crippen LogP contribution in [0, 0.1) is 17.0 Å². The number of hydrogen-bond donors (Lipinski definition) is 2. The molecule has 1 amide bonds. The van der Waals surface area contributed by atoms with Gasteiger partial charge in [0, 0.05) is 18.3 Å². The fourth-order valence-corrected chi connectivity index (χ4v) is 2.58. The average Bonchev–Trinajstić information content (AvgIpc) is 3.17. The maximum atomic E-state index is 12.5. The number of carboxylic acids is 1. The SMILES string of the molecule is Cc1ccc(Oc2cc(NC(=O)c3cnn(CCC(=O)O)c3)cc([N+](=O)[O-])c2)cc1. The largest absolute Gasteiger partial charge is 0.481 e. The summed E-state index contributed by atoms with van der Waals surface area (Å²) in [5.41, 5.74) is 1.16. The molecule has 0 aliphatic heterocycles. The number of benzene rings is 2. The van der Waals surface area contributed by atoms with Gasteiger partial charge >= 0.3 is 5.97 Å². The number of carbonyl (C=O) groups excluding carboxylic acids is 1. The summed E-state index contributed by atoms with van der Waals surface area (Å²) in [6.07, 6.45) is 2.56. The van der Waals surface area contributed by atoms with Crippen molar-refractivity contribution in [3.63, 3.8) is 0 Å². The van der Waals surface area contributed by atoms with Gasteiger partial charge in [0.15, 0.2) is 0 Å². The number of nitrogens with zero attached hydrogens (tertiary/aromatic N) is 3. The number of non-ortho nitro benzene ring substituents is 1. The Kier molecular flexibility index (Phi) is 6.06. The van der Waals surface area contributed by atoms with Gasteiger partial charge in [-0.05, 0) is 19.1 Å². The van der Waals surface area contributed by atoms with Crippen molar-refractivity contribution in [2.45, 2.75) is 19.9 Å². The number of nitro groups is 1. The minimum atomic E-state index is -0.978. The molecule has 1 aromatic heterocycles. The molecule has 0 bridgehead atoms. The molecule has 10 heteroatoms. The molecule has 1 heterocycles. The van der Waals surface area contributed by atoms with E-state index in [4.69, 9.17) is 9.84 Å². The molecule has 10 nitrogen and oxygen atoms in total. The molecule has 30 heavy (non-hydrogen) atoms. The molecule has 0 saturated carbocycles. The minimum absolute atomic E-state index is 0.119. The molecule has 2 N–H and O–H groups in total. The van der Waals surface area contributed by atoms with Crippen LogP contribution in [0.1, 0.15) is 22.3 Å². The second-order valence-electron chi connectivity index (χ2n) is 6.48. The molecule has 154 valence electrons. The quantitative estimate of drug-likeness (QED) is 0.427. The lowest BCUT2D eigenvalue weighted by Gasteiger charge is -2.09. The van der Waals surface area contributed by atoms with Gasteiger partial charge in [-0.15, -0.1) is 0 Å². The van der Waals surface area contributed by atoms with Crippen LogP contribution >= 0.6 is 0 Å². The molecule has 0 spiro atoms. The van der Waals surface area contributed by atoms with E-state index in [-0.39, 0.29) is 35.7 Å². The molecule has 3 aromatic rings. The number of ether oxygens (including phenoxy) is 1. The Morgan fingerprint density at radius 3 is 2.60 bits per heavy atom. The van der Waals surface area contributed by atoms with Crippen molar-refractivity contribution in [1.82, 2.24) is 9.78 Å². The van der Waals surface area contributed by atoms with Crippen molar-refractivity contribution in [2.24, 2.45) is 0 Å². The monoisotopic (exact) mass is 410 g/mol. The maximum Gasteiger partial charge on any atom is 0.305 e. The Morgan fingerprint density at radius 2 is 1.93 bits per heavy atom. The van der Waals surface area contributed by atoms with Gasteiger partial charge in [0.25, 0.3) is 11.6 Å². The van der Waals surface area contributed by atoms with Crippen LogP contribution in [0.4, 0.5) is 11.4 Å². The van der Waals surface area contributed by atoms with E-state index in [0.717, 1.165) is 5.56 Å². The number of aromatic nitrogens is 2. The first-order valence-electron chi connectivity index (χ1n) is 8.90. The van der Waals surface area contributed by atoms with E-state index < -0.39 is 16.8 Å². The summed E-state index contributed by atoms with van der Waals surface area (Å²) in [6.45, 7) is 2.04. The molecule has 0 atom stereocenters. The summed E-state index contributed by atoms with van der Waals surface area (Å²) >= 11 is 0. The van der Waals surface area contributed by atoms with Gasteiger partial charge in [0.1, 0.15) is 11.5 Å². The van der Waals surface area contributed by atoms with Crippen LogP contribution in [0.3, 0.4) is 0 Å². The number of nitro benzene ring substituents is 1. The Balaban J connectivity index is 1.78. The summed E-state index contributed by atoms with van der Waals surface area (Å²) in [7, 11) is 0. The Morgan fingerprint density at radius 1 is 1.20 bits per heavy atom. The normalized spacial score (nSPS) is 10.4. The first-order valence-corrected chi connectivity index (χ1v) is 8.90. The summed E-state index contributed by atoms with van der Waals surface area (Å²) in [6, 6.07) is 11.1. The molecule has 2 aromatic carbocycles. The number of hydrogen-bond acceptors (Lipinski definition) is 6. The zero-order chi connectivity index (χ0) is 21.7. The number of carbonyl (C=O) groups is 2. The van der Waals surface area contributed by atoms with E-state index in [9.17, 15) is 19.7 Å². The maximum absolute atomic E-state index is 12.5. The van der Waals surface area contributed by atoms with Crippen LogP contribution in [0.5, 0.6) is 11.5 Å². The minimum Gasteiger partial charge on any atom is -0.481 e. The smallest absolute Gasteiger partial charge is 0.305 e. The topological polar surface area (TPSA) is 137 Å². The highest BCUT2D eigenvalue weighted by Crippen LogP contribution is 2.30. The van der Waals surface area contributed by atoms with Crippen LogP contribution in [-0.2, 0) is 11.3 Å². The number of amides is 1. The number of rotatable bonds is 8. The molecule has 0 aliphatic carbocycles. The van der Waals surface area contributed by atoms with Crippen LogP contribution in [0.2, 0.25) is 0 Å². The lowest BCUT2D eigenvalue weighted by molar-refractivity contribution is -0.384. The van der Waals surface area contributed by atoms with Gasteiger partial charge < -0.3 is 15.2 Å². The molecule has 0 radical (unpaired) electrons. The molecule has 3 rings (SSSR count). The summed E-state index contributed by atoms with van der Waals surface area (Å²) in [5.74, 6) is -0.828. The van der Waals surface area contributed by atoms with E-state index in [1.807, 2.05) is 19.1 Å². The van der Waals surface area contributed by atoms with Gasteiger partial charge in [-0.1, -0.05) is 17.7 Å². The fraction of sp³-hybridized carbons (Fsp3) is 0.150. The zero-order valence-electron chi connectivity index (χ0n) is 15.9. The van der Waals surface area contributed by atoms with E-state index in [1.165, 1.54) is 35.3 Å². The Hall–Kier alpha value is -4.21. The number of aliphatic carboxylic acids is 1. The van der Waals surface area contributed by atoms with Gasteiger partial charge in [-0.2, -0.15) is 5.10 Å². The predicted molar refractivity (Wildman–Crippen MR) is 107 cm³/mol. The number of aryl methyl sites for hydroxylation is 2. The van der Waals surface area contributed by atoms with Crippen LogP contribution in [-0.4, -0.2) is 31.7 Å². The number of carboxylic acid groups (broad SMARTS) is 1. The standard InChI is InChI=1S/C20H18N4O6/c1-13-2-4-17(5-3-13)30-18-9-15(8-16(10-18)24(28)29)22-20(27)14-11-21-23(12-14)7-6-19(25)26/h2-5,8-12H,6-7H2,1H3,(H,22,27)(H,25,26). The van der Waals surface area contributed by atoms with Crippen molar-refractivity contribution < 1.29 is 24.4 Å². The summed E-state index contributed by atoms with van der Waals surface area (Å²) in [4.78, 5) is 33.8. The van der Waals surface area contributed by atoms with Gasteiger partial charge in [0.2, 0.25) is 0 Å². The van der Waals surface area contributed by atoms with Crippen LogP contribution in [0.15, 0.2) is 54.9 Å². The van der Waals surface area contributed by atoms with Gasteiger partial charge in [0.05, 0.1) is 41.4 Å². The van der Waals surface area contributed by atoms with E-state index in [0.29, 0.717) is 5.75 Å². The van der Waals surface area contributed by atoms with Gasteiger partial charge in [-0.3, -0.25) is 24.4 Å². The molecule has 0 saturated heterocycles. The van der Waals surface area contributed by atoms with Crippen molar-refractivity contribution in [1.29, 1.82) is 0 Å². The van der Waals surface area contributed by atoms with E-state index in [1.54, 1.807) is 12.1 Å². The van der Waals surface area contributed by atoms with Crippen molar-refractivity contribution in [3.8, 4) is 11.5 Å². The fourth-order valence-electron chi connectivity index (χ4n) is 2.58. The Bertz CT molecular complexity index is 1090. The van der Waals surface area contributed by atoms with E-state index in [2.05, 4.69) is 10.4 Å². The van der Waals surface area contributed by atoms with Crippen molar-refractivity contribution in [2.75, 3.05) is 5.32 Å². The second-order valence-corrected chi connectivity index (χ2v) is 6.48. The highest BCUT2D eigenvalue weighted by Gasteiger charge is 2.15. The average molecular weight is 410 g/mol. The Labute approximate surface area is 170 Å². The zero-order valence-corrected chi connectivity index (χ0v) is 15.9. The van der Waals surface area contributed by atoms with E-state index >= 15 is 0 Å². The lowest BCUT2D eigenvalue weighted by atomic mass is 10.2. The first kappa shape index (κ1) is 20.5. The van der Waals surface area contributed by atoms with Crippen LogP contribution < -0.4 is 10.1 Å². The van der Waals surface area contributed by atoms with Crippen molar-refractivity contribution in [3.05, 3.63) is 76.1 Å². The first-order chi connectivity index (χ1) is 14.3. The third-order valence-corrected chi connectivity index (χ3v) is 4.07. The predicted octanol–water partition coefficient (Wildman–Crippen LogP) is 3.62. The molecule has 0 fully saturated rings. The lowest BCUT2D eigenvalue weighted by Crippen LogP contribution is -2.11. The summed E-state index contributed by atoms with van der Waals surface area (Å²) in [5, 5.41) is 26.5. The highest BCUT2D eigenvalue weighted by atomic mass is 16.6. The second kappa shape index (κ2) is 8.86. The number of anilines is 1. The molecule has 0 unspecified atom stereocenters. The number of nitrogens with one attached hydrogen (secondary N) is 1. The highest BCUT2D eigenvalue weighted by molar-refractivity contribution is 6.04. The molecule has 0 aliphatic rings. The van der Waals surface area contributed by atoms with Crippen LogP contribution in [0.25, 0.3) is 0 Å². The molecular formula is C20H18N4O6. The third-order valence-electron chi connectivity index (χ3n) is 4.07.